The second-order valence-electron chi connectivity index (χ2n) is 7.42. The van der Waals surface area contributed by atoms with Crippen LogP contribution < -0.4 is 4.74 Å². The summed E-state index contributed by atoms with van der Waals surface area (Å²) >= 11 is 0. The molecule has 0 spiro atoms. The van der Waals surface area contributed by atoms with E-state index >= 15 is 0 Å². The van der Waals surface area contributed by atoms with Gasteiger partial charge in [-0.1, -0.05) is 24.3 Å². The number of nitrogens with zero attached hydrogens (tertiary/aromatic N) is 2. The van der Waals surface area contributed by atoms with E-state index in [4.69, 9.17) is 9.73 Å². The number of hydrogen-bond donors (Lipinski definition) is 0. The minimum absolute atomic E-state index is 0.149. The van der Waals surface area contributed by atoms with Gasteiger partial charge < -0.3 is 9.64 Å². The summed E-state index contributed by atoms with van der Waals surface area (Å²) in [6.07, 6.45) is 8.90. The van der Waals surface area contributed by atoms with Crippen LogP contribution in [0, 0.1) is 0 Å². The largest absolute Gasteiger partial charge is 0.493 e. The summed E-state index contributed by atoms with van der Waals surface area (Å²) in [6, 6.07) is 15.9. The third-order valence-electron chi connectivity index (χ3n) is 5.87. The third kappa shape index (κ3) is 2.54. The number of benzene rings is 2. The molecule has 2 aliphatic heterocycles. The van der Waals surface area contributed by atoms with Gasteiger partial charge >= 0.3 is 0 Å². The van der Waals surface area contributed by atoms with Gasteiger partial charge in [-0.2, -0.15) is 0 Å². The number of aliphatic imine (C=N–C) groups is 1. The normalized spacial score (nSPS) is 23.9. The van der Waals surface area contributed by atoms with Crippen LogP contribution in [0.5, 0.6) is 5.75 Å². The van der Waals surface area contributed by atoms with Crippen molar-refractivity contribution < 1.29 is 4.74 Å². The first-order chi connectivity index (χ1) is 12.8. The van der Waals surface area contributed by atoms with Gasteiger partial charge in [-0.05, 0) is 72.7 Å². The molecule has 2 aromatic rings. The molecular weight excluding hydrogens is 320 g/mol. The van der Waals surface area contributed by atoms with Crippen molar-refractivity contribution in [2.24, 2.45) is 4.99 Å². The molecule has 2 atom stereocenters. The van der Waals surface area contributed by atoms with E-state index in [1.165, 1.54) is 47.2 Å². The molecule has 0 saturated carbocycles. The van der Waals surface area contributed by atoms with E-state index in [-0.39, 0.29) is 6.17 Å². The van der Waals surface area contributed by atoms with Crippen molar-refractivity contribution in [1.82, 2.24) is 4.90 Å². The van der Waals surface area contributed by atoms with Crippen LogP contribution in [-0.4, -0.2) is 23.9 Å². The van der Waals surface area contributed by atoms with E-state index < -0.39 is 0 Å². The Morgan fingerprint density at radius 3 is 2.96 bits per heavy atom. The van der Waals surface area contributed by atoms with Gasteiger partial charge in [0.1, 0.15) is 11.9 Å². The molecule has 132 valence electrons. The molecule has 0 saturated heterocycles. The van der Waals surface area contributed by atoms with Gasteiger partial charge in [0, 0.05) is 18.3 Å². The Balaban J connectivity index is 1.57. The Kier molecular flexibility index (Phi) is 3.81. The topological polar surface area (TPSA) is 24.8 Å². The number of aryl methyl sites for hydroxylation is 1. The summed E-state index contributed by atoms with van der Waals surface area (Å²) in [5.74, 6) is 1.04. The van der Waals surface area contributed by atoms with Crippen molar-refractivity contribution in [2.45, 2.75) is 44.8 Å². The molecule has 0 amide bonds. The van der Waals surface area contributed by atoms with Crippen molar-refractivity contribution in [3.63, 3.8) is 0 Å². The van der Waals surface area contributed by atoms with Crippen LogP contribution in [0.2, 0.25) is 0 Å². The summed E-state index contributed by atoms with van der Waals surface area (Å²) < 4.78 is 5.69. The molecular formula is C23H24N2O. The number of rotatable bonds is 2. The van der Waals surface area contributed by atoms with Gasteiger partial charge in [-0.15, -0.1) is 0 Å². The minimum atomic E-state index is 0.149. The standard InChI is InChI=1S/C23H24N2O/c1-16-24-13-11-21(18-9-10-23-19(15-18)12-14-26-23)25(16)22-8-4-6-17-5-2-3-7-20(17)22/h2-3,5,7,9-11,13,15-16,22H,4,6,8,12,14H2,1H3/t16?,22-/m1/s1. The highest BCUT2D eigenvalue weighted by Crippen LogP contribution is 2.41. The van der Waals surface area contributed by atoms with Crippen LogP contribution in [0.1, 0.15) is 48.1 Å². The predicted octanol–water partition coefficient (Wildman–Crippen LogP) is 4.77. The van der Waals surface area contributed by atoms with Crippen LogP contribution in [0.4, 0.5) is 0 Å². The van der Waals surface area contributed by atoms with Crippen molar-refractivity contribution >= 4 is 11.9 Å². The third-order valence-corrected chi connectivity index (χ3v) is 5.87. The van der Waals surface area contributed by atoms with Gasteiger partial charge in [0.2, 0.25) is 0 Å². The summed E-state index contributed by atoms with van der Waals surface area (Å²) in [7, 11) is 0. The molecule has 0 fully saturated rings. The monoisotopic (exact) mass is 344 g/mol. The first-order valence-corrected chi connectivity index (χ1v) is 9.67. The smallest absolute Gasteiger partial charge is 0.122 e. The van der Waals surface area contributed by atoms with Gasteiger partial charge in [0.15, 0.2) is 0 Å². The fourth-order valence-electron chi connectivity index (χ4n) is 4.63. The second-order valence-corrected chi connectivity index (χ2v) is 7.42. The molecule has 0 bridgehead atoms. The van der Waals surface area contributed by atoms with E-state index in [0.29, 0.717) is 6.04 Å². The first-order valence-electron chi connectivity index (χ1n) is 9.67. The molecule has 0 aromatic heterocycles. The van der Waals surface area contributed by atoms with Crippen LogP contribution in [-0.2, 0) is 12.8 Å². The molecule has 2 aromatic carbocycles. The average molecular weight is 344 g/mol. The van der Waals surface area contributed by atoms with Crippen molar-refractivity contribution in [3.8, 4) is 5.75 Å². The minimum Gasteiger partial charge on any atom is -0.493 e. The Bertz CT molecular complexity index is 899. The quantitative estimate of drug-likeness (QED) is 0.784. The molecule has 1 aliphatic carbocycles. The summed E-state index contributed by atoms with van der Waals surface area (Å²) in [4.78, 5) is 7.23. The molecule has 2 heterocycles. The SMILES string of the molecule is CC1N=CC=C(c2ccc3c(c2)CCO3)N1[C@@H]1CCCc2ccccc21. The molecule has 26 heavy (non-hydrogen) atoms. The fraction of sp³-hybridized carbons (Fsp3) is 0.348. The number of allylic oxidation sites excluding steroid dienone is 1. The van der Waals surface area contributed by atoms with Gasteiger partial charge in [0.25, 0.3) is 0 Å². The van der Waals surface area contributed by atoms with Crippen molar-refractivity contribution in [3.05, 3.63) is 70.8 Å². The van der Waals surface area contributed by atoms with Crippen LogP contribution in [0.15, 0.2) is 53.5 Å². The van der Waals surface area contributed by atoms with Crippen LogP contribution in [0.3, 0.4) is 0 Å². The van der Waals surface area contributed by atoms with E-state index in [1.807, 2.05) is 6.21 Å². The molecule has 1 unspecified atom stereocenters. The van der Waals surface area contributed by atoms with E-state index in [9.17, 15) is 0 Å². The Hall–Kier alpha value is -2.55. The zero-order valence-electron chi connectivity index (χ0n) is 15.2. The number of fused-ring (bicyclic) bond motifs is 2. The highest BCUT2D eigenvalue weighted by Gasteiger charge is 2.32. The maximum atomic E-state index is 5.69. The fourth-order valence-corrected chi connectivity index (χ4v) is 4.63. The Morgan fingerprint density at radius 2 is 2.00 bits per heavy atom. The lowest BCUT2D eigenvalue weighted by atomic mass is 9.85. The highest BCUT2D eigenvalue weighted by atomic mass is 16.5. The number of hydrogen-bond acceptors (Lipinski definition) is 3. The predicted molar refractivity (Wildman–Crippen MR) is 106 cm³/mol. The van der Waals surface area contributed by atoms with E-state index in [1.54, 1.807) is 0 Å². The van der Waals surface area contributed by atoms with Crippen molar-refractivity contribution in [1.29, 1.82) is 0 Å². The van der Waals surface area contributed by atoms with Gasteiger partial charge in [-0.25, -0.2) is 0 Å². The molecule has 5 rings (SSSR count). The van der Waals surface area contributed by atoms with E-state index in [0.717, 1.165) is 18.8 Å². The summed E-state index contributed by atoms with van der Waals surface area (Å²) in [6.45, 7) is 3.01. The van der Waals surface area contributed by atoms with E-state index in [2.05, 4.69) is 60.4 Å². The summed E-state index contributed by atoms with van der Waals surface area (Å²) in [5, 5.41) is 0. The molecule has 3 nitrogen and oxygen atoms in total. The lowest BCUT2D eigenvalue weighted by Crippen LogP contribution is -2.37. The second kappa shape index (κ2) is 6.31. The van der Waals surface area contributed by atoms with Gasteiger partial charge in [-0.3, -0.25) is 4.99 Å². The zero-order chi connectivity index (χ0) is 17.5. The maximum absolute atomic E-state index is 5.69. The van der Waals surface area contributed by atoms with Gasteiger partial charge in [0.05, 0.1) is 12.6 Å². The molecule has 0 radical (unpaired) electrons. The lowest BCUT2D eigenvalue weighted by molar-refractivity contribution is 0.216. The summed E-state index contributed by atoms with van der Waals surface area (Å²) in [5.41, 5.74) is 6.84. The molecule has 3 aliphatic rings. The molecule has 3 heteroatoms. The van der Waals surface area contributed by atoms with Crippen molar-refractivity contribution in [2.75, 3.05) is 6.61 Å². The Labute approximate surface area is 155 Å². The van der Waals surface area contributed by atoms with Crippen LogP contribution in [0.25, 0.3) is 5.70 Å². The lowest BCUT2D eigenvalue weighted by Gasteiger charge is -2.42. The zero-order valence-corrected chi connectivity index (χ0v) is 15.2. The average Bonchev–Trinajstić information content (AvgIpc) is 3.15. The Morgan fingerprint density at radius 1 is 1.08 bits per heavy atom. The maximum Gasteiger partial charge on any atom is 0.122 e. The number of ether oxygens (including phenoxy) is 1. The highest BCUT2D eigenvalue weighted by molar-refractivity contribution is 5.86. The first kappa shape index (κ1) is 15.7. The van der Waals surface area contributed by atoms with Crippen LogP contribution >= 0.6 is 0 Å². The molecule has 0 N–H and O–H groups in total.